The normalized spacial score (nSPS) is 11.9. The number of rotatable bonds is 5. The molecule has 0 amide bonds. The van der Waals surface area contributed by atoms with Gasteiger partial charge in [-0.2, -0.15) is 0 Å². The molecule has 4 nitrogen and oxygen atoms in total. The lowest BCUT2D eigenvalue weighted by Crippen LogP contribution is -2.13. The second-order valence-corrected chi connectivity index (χ2v) is 4.28. The van der Waals surface area contributed by atoms with Crippen molar-refractivity contribution in [2.45, 2.75) is 12.5 Å². The van der Waals surface area contributed by atoms with Crippen molar-refractivity contribution >= 4 is 0 Å². The summed E-state index contributed by atoms with van der Waals surface area (Å²) in [6.45, 7) is 0. The molecule has 0 fully saturated rings. The van der Waals surface area contributed by atoms with E-state index in [0.717, 1.165) is 29.0 Å². The van der Waals surface area contributed by atoms with Crippen LogP contribution < -0.4 is 15.2 Å². The second kappa shape index (κ2) is 6.20. The van der Waals surface area contributed by atoms with Gasteiger partial charge in [0.25, 0.3) is 0 Å². The number of nitrogens with zero attached hydrogens (tertiary/aromatic N) is 1. The number of ether oxygens (including phenoxy) is 2. The first-order valence-corrected chi connectivity index (χ1v) is 6.11. The van der Waals surface area contributed by atoms with Crippen LogP contribution in [0.25, 0.3) is 0 Å². The third-order valence-corrected chi connectivity index (χ3v) is 3.04. The molecule has 1 atom stereocenters. The van der Waals surface area contributed by atoms with E-state index in [0.29, 0.717) is 0 Å². The Morgan fingerprint density at radius 2 is 1.74 bits per heavy atom. The van der Waals surface area contributed by atoms with E-state index in [1.54, 1.807) is 26.6 Å². The molecule has 1 heterocycles. The molecule has 100 valence electrons. The van der Waals surface area contributed by atoms with Crippen LogP contribution in [0.4, 0.5) is 0 Å². The Balaban J connectivity index is 2.15. The molecule has 0 aliphatic carbocycles. The zero-order valence-corrected chi connectivity index (χ0v) is 11.2. The molecule has 0 aliphatic heterocycles. The second-order valence-electron chi connectivity index (χ2n) is 4.28. The standard InChI is InChI=1S/C15H18N2O2/c1-18-14-4-3-11(10-15(14)19-2)9-13(16)12-5-7-17-8-6-12/h3-8,10,13H,9,16H2,1-2H3. The number of hydrogen-bond acceptors (Lipinski definition) is 4. The van der Waals surface area contributed by atoms with Gasteiger partial charge >= 0.3 is 0 Å². The van der Waals surface area contributed by atoms with Crippen LogP contribution in [0.2, 0.25) is 0 Å². The zero-order chi connectivity index (χ0) is 13.7. The summed E-state index contributed by atoms with van der Waals surface area (Å²) in [5.41, 5.74) is 8.38. The highest BCUT2D eigenvalue weighted by Crippen LogP contribution is 2.29. The van der Waals surface area contributed by atoms with Crippen molar-refractivity contribution < 1.29 is 9.47 Å². The first kappa shape index (κ1) is 13.4. The number of aromatic nitrogens is 1. The Bertz CT molecular complexity index is 529. The Hall–Kier alpha value is -2.07. The molecule has 1 aromatic carbocycles. The molecule has 19 heavy (non-hydrogen) atoms. The first-order chi connectivity index (χ1) is 9.24. The molecular weight excluding hydrogens is 240 g/mol. The number of nitrogens with two attached hydrogens (primary N) is 1. The lowest BCUT2D eigenvalue weighted by molar-refractivity contribution is 0.354. The van der Waals surface area contributed by atoms with Crippen LogP contribution in [0.5, 0.6) is 11.5 Å². The van der Waals surface area contributed by atoms with Crippen LogP contribution in [-0.2, 0) is 6.42 Å². The molecular formula is C15H18N2O2. The summed E-state index contributed by atoms with van der Waals surface area (Å²) in [7, 11) is 3.25. The summed E-state index contributed by atoms with van der Waals surface area (Å²) in [5, 5.41) is 0. The SMILES string of the molecule is COc1ccc(CC(N)c2ccncc2)cc1OC. The monoisotopic (exact) mass is 258 g/mol. The topological polar surface area (TPSA) is 57.4 Å². The highest BCUT2D eigenvalue weighted by atomic mass is 16.5. The van der Waals surface area contributed by atoms with Gasteiger partial charge in [-0.1, -0.05) is 6.07 Å². The van der Waals surface area contributed by atoms with Crippen LogP contribution in [-0.4, -0.2) is 19.2 Å². The molecule has 1 unspecified atom stereocenters. The van der Waals surface area contributed by atoms with Crippen LogP contribution >= 0.6 is 0 Å². The molecule has 0 spiro atoms. The molecule has 2 aromatic rings. The number of methoxy groups -OCH3 is 2. The van der Waals surface area contributed by atoms with Gasteiger partial charge in [-0.15, -0.1) is 0 Å². The molecule has 4 heteroatoms. The lowest BCUT2D eigenvalue weighted by Gasteiger charge is -2.14. The molecule has 2 N–H and O–H groups in total. The minimum absolute atomic E-state index is 0.0545. The van der Waals surface area contributed by atoms with Crippen molar-refractivity contribution in [3.63, 3.8) is 0 Å². The van der Waals surface area contributed by atoms with Gasteiger partial charge in [-0.3, -0.25) is 4.98 Å². The van der Waals surface area contributed by atoms with Gasteiger partial charge in [0.2, 0.25) is 0 Å². The fourth-order valence-electron chi connectivity index (χ4n) is 1.99. The van der Waals surface area contributed by atoms with Crippen molar-refractivity contribution in [1.29, 1.82) is 0 Å². The third-order valence-electron chi connectivity index (χ3n) is 3.04. The Morgan fingerprint density at radius 1 is 1.05 bits per heavy atom. The number of pyridine rings is 1. The fraction of sp³-hybridized carbons (Fsp3) is 0.267. The van der Waals surface area contributed by atoms with Crippen LogP contribution in [0.15, 0.2) is 42.7 Å². The summed E-state index contributed by atoms with van der Waals surface area (Å²) in [6, 6.07) is 9.67. The van der Waals surface area contributed by atoms with Crippen LogP contribution in [0.1, 0.15) is 17.2 Å². The van der Waals surface area contributed by atoms with Crippen molar-refractivity contribution in [3.05, 3.63) is 53.9 Å². The average Bonchev–Trinajstić information content (AvgIpc) is 2.48. The smallest absolute Gasteiger partial charge is 0.160 e. The predicted octanol–water partition coefficient (Wildman–Crippen LogP) is 2.34. The molecule has 0 saturated heterocycles. The Labute approximate surface area is 113 Å². The largest absolute Gasteiger partial charge is 0.493 e. The van der Waals surface area contributed by atoms with E-state index in [1.165, 1.54) is 0 Å². The lowest BCUT2D eigenvalue weighted by atomic mass is 10.0. The van der Waals surface area contributed by atoms with E-state index < -0.39 is 0 Å². The van der Waals surface area contributed by atoms with E-state index in [4.69, 9.17) is 15.2 Å². The molecule has 0 saturated carbocycles. The van der Waals surface area contributed by atoms with Crippen molar-refractivity contribution in [2.75, 3.05) is 14.2 Å². The highest BCUT2D eigenvalue weighted by Gasteiger charge is 2.09. The minimum atomic E-state index is -0.0545. The summed E-state index contributed by atoms with van der Waals surface area (Å²) in [5.74, 6) is 1.45. The van der Waals surface area contributed by atoms with Gasteiger partial charge < -0.3 is 15.2 Å². The average molecular weight is 258 g/mol. The predicted molar refractivity (Wildman–Crippen MR) is 74.4 cm³/mol. The molecule has 0 radical (unpaired) electrons. The molecule has 2 rings (SSSR count). The summed E-state index contributed by atoms with van der Waals surface area (Å²) in [4.78, 5) is 3.99. The maximum atomic E-state index is 6.19. The van der Waals surface area contributed by atoms with Crippen LogP contribution in [0.3, 0.4) is 0 Å². The van der Waals surface area contributed by atoms with Gasteiger partial charge in [-0.05, 0) is 41.8 Å². The van der Waals surface area contributed by atoms with Gasteiger partial charge in [0.1, 0.15) is 0 Å². The van der Waals surface area contributed by atoms with Gasteiger partial charge in [0.05, 0.1) is 14.2 Å². The first-order valence-electron chi connectivity index (χ1n) is 6.11. The third kappa shape index (κ3) is 3.23. The quantitative estimate of drug-likeness (QED) is 0.894. The van der Waals surface area contributed by atoms with Gasteiger partial charge in [0.15, 0.2) is 11.5 Å². The summed E-state index contributed by atoms with van der Waals surface area (Å²) in [6.07, 6.45) is 4.25. The molecule has 1 aromatic heterocycles. The van der Waals surface area contributed by atoms with Crippen molar-refractivity contribution in [1.82, 2.24) is 4.98 Å². The van der Waals surface area contributed by atoms with E-state index >= 15 is 0 Å². The number of benzene rings is 1. The highest BCUT2D eigenvalue weighted by molar-refractivity contribution is 5.43. The van der Waals surface area contributed by atoms with E-state index in [1.807, 2.05) is 30.3 Å². The Morgan fingerprint density at radius 3 is 2.37 bits per heavy atom. The van der Waals surface area contributed by atoms with E-state index in [9.17, 15) is 0 Å². The molecule has 0 aliphatic rings. The summed E-state index contributed by atoms with van der Waals surface area (Å²) >= 11 is 0. The molecule has 0 bridgehead atoms. The number of hydrogen-bond donors (Lipinski definition) is 1. The van der Waals surface area contributed by atoms with Gasteiger partial charge in [-0.25, -0.2) is 0 Å². The van der Waals surface area contributed by atoms with Crippen molar-refractivity contribution in [3.8, 4) is 11.5 Å². The van der Waals surface area contributed by atoms with Gasteiger partial charge in [0, 0.05) is 18.4 Å². The van der Waals surface area contributed by atoms with Crippen molar-refractivity contribution in [2.24, 2.45) is 5.73 Å². The zero-order valence-electron chi connectivity index (χ0n) is 11.2. The van der Waals surface area contributed by atoms with Crippen LogP contribution in [0, 0.1) is 0 Å². The maximum absolute atomic E-state index is 6.19. The summed E-state index contributed by atoms with van der Waals surface area (Å²) < 4.78 is 10.5. The Kier molecular flexibility index (Phi) is 4.36. The maximum Gasteiger partial charge on any atom is 0.160 e. The minimum Gasteiger partial charge on any atom is -0.493 e. The van der Waals surface area contributed by atoms with E-state index in [2.05, 4.69) is 4.98 Å². The van der Waals surface area contributed by atoms with E-state index in [-0.39, 0.29) is 6.04 Å². The fourth-order valence-corrected chi connectivity index (χ4v) is 1.99.